The predicted octanol–water partition coefficient (Wildman–Crippen LogP) is 4.09. The molecule has 1 fully saturated rings. The molecule has 29 heavy (non-hydrogen) atoms. The molecular formula is C19H15F5N4O. The van der Waals surface area contributed by atoms with Crippen molar-refractivity contribution in [1.82, 2.24) is 20.1 Å². The first kappa shape index (κ1) is 19.3. The van der Waals surface area contributed by atoms with Crippen LogP contribution in [0.15, 0.2) is 36.7 Å². The highest BCUT2D eigenvalue weighted by Crippen LogP contribution is 2.37. The van der Waals surface area contributed by atoms with Gasteiger partial charge in [0.05, 0.1) is 17.3 Å². The molecule has 0 unspecified atom stereocenters. The van der Waals surface area contributed by atoms with Gasteiger partial charge in [0.1, 0.15) is 17.9 Å². The van der Waals surface area contributed by atoms with Gasteiger partial charge in [0.2, 0.25) is 5.91 Å². The first-order chi connectivity index (χ1) is 13.7. The van der Waals surface area contributed by atoms with E-state index in [1.165, 1.54) is 23.1 Å². The van der Waals surface area contributed by atoms with E-state index in [0.29, 0.717) is 22.2 Å². The molecule has 1 aromatic carbocycles. The molecule has 1 N–H and O–H groups in total. The summed E-state index contributed by atoms with van der Waals surface area (Å²) in [5, 5.41) is 6.60. The summed E-state index contributed by atoms with van der Waals surface area (Å²) < 4.78 is 66.6. The highest BCUT2D eigenvalue weighted by molar-refractivity contribution is 5.83. The second-order valence-electron chi connectivity index (χ2n) is 7.00. The Hall–Kier alpha value is -3.04. The molecule has 1 amide bonds. The highest BCUT2D eigenvalue weighted by atomic mass is 19.3. The third-order valence-electron chi connectivity index (χ3n) is 4.81. The predicted molar refractivity (Wildman–Crippen MR) is 94.0 cm³/mol. The first-order valence-electron chi connectivity index (χ1n) is 8.78. The Kier molecular flexibility index (Phi) is 4.71. The standard InChI is InChI=1S/C19H15F5N4O/c20-14-2-1-10(3-13(14)18(21)22)11-4-16-15(25-7-11)8-26-28(16)9-17(29)27-12-5-19(23,24)6-12/h1-4,7-8,12,18H,5-6,9H2,(H,27,29). The lowest BCUT2D eigenvalue weighted by Gasteiger charge is -2.35. The van der Waals surface area contributed by atoms with Crippen LogP contribution in [0.5, 0.6) is 0 Å². The molecule has 0 spiro atoms. The number of hydrogen-bond donors (Lipinski definition) is 1. The van der Waals surface area contributed by atoms with Crippen LogP contribution < -0.4 is 5.32 Å². The zero-order chi connectivity index (χ0) is 20.8. The van der Waals surface area contributed by atoms with Gasteiger partial charge in [-0.1, -0.05) is 6.07 Å². The monoisotopic (exact) mass is 410 g/mol. The molecule has 1 saturated carbocycles. The summed E-state index contributed by atoms with van der Waals surface area (Å²) in [6, 6.07) is 4.39. The molecule has 1 aliphatic rings. The summed E-state index contributed by atoms with van der Waals surface area (Å²) in [7, 11) is 0. The van der Waals surface area contributed by atoms with Crippen molar-refractivity contribution in [3.8, 4) is 11.1 Å². The zero-order valence-corrected chi connectivity index (χ0v) is 14.9. The summed E-state index contributed by atoms with van der Waals surface area (Å²) in [6.45, 7) is -0.206. The maximum Gasteiger partial charge on any atom is 0.266 e. The van der Waals surface area contributed by atoms with Crippen molar-refractivity contribution in [2.75, 3.05) is 0 Å². The second-order valence-corrected chi connectivity index (χ2v) is 7.00. The van der Waals surface area contributed by atoms with Crippen molar-refractivity contribution in [3.05, 3.63) is 48.0 Å². The van der Waals surface area contributed by atoms with Gasteiger partial charge in [0.15, 0.2) is 0 Å². The summed E-state index contributed by atoms with van der Waals surface area (Å²) in [5.74, 6) is -4.20. The van der Waals surface area contributed by atoms with E-state index in [9.17, 15) is 26.7 Å². The van der Waals surface area contributed by atoms with Crippen LogP contribution in [0.25, 0.3) is 22.2 Å². The molecule has 0 radical (unpaired) electrons. The Morgan fingerprint density at radius 1 is 1.21 bits per heavy atom. The molecule has 2 aromatic heterocycles. The van der Waals surface area contributed by atoms with Gasteiger partial charge < -0.3 is 5.32 Å². The average molecular weight is 410 g/mol. The molecule has 5 nitrogen and oxygen atoms in total. The van der Waals surface area contributed by atoms with Crippen LogP contribution in [0, 0.1) is 5.82 Å². The smallest absolute Gasteiger partial charge is 0.266 e. The quantitative estimate of drug-likeness (QED) is 0.645. The van der Waals surface area contributed by atoms with Gasteiger partial charge in [-0.05, 0) is 23.8 Å². The normalized spacial score (nSPS) is 16.2. The zero-order valence-electron chi connectivity index (χ0n) is 14.9. The lowest BCUT2D eigenvalue weighted by molar-refractivity contribution is -0.129. The molecule has 2 heterocycles. The van der Waals surface area contributed by atoms with Crippen LogP contribution in [0.4, 0.5) is 22.0 Å². The summed E-state index contributed by atoms with van der Waals surface area (Å²) in [6.07, 6.45) is -0.866. The molecule has 0 bridgehead atoms. The number of nitrogens with one attached hydrogen (secondary N) is 1. The third-order valence-corrected chi connectivity index (χ3v) is 4.81. The van der Waals surface area contributed by atoms with Gasteiger partial charge in [-0.2, -0.15) is 5.10 Å². The van der Waals surface area contributed by atoms with Gasteiger partial charge in [-0.15, -0.1) is 0 Å². The molecular weight excluding hydrogens is 395 g/mol. The van der Waals surface area contributed by atoms with Gasteiger partial charge in [-0.3, -0.25) is 14.5 Å². The minimum atomic E-state index is -2.96. The van der Waals surface area contributed by atoms with Gasteiger partial charge in [-0.25, -0.2) is 22.0 Å². The molecule has 10 heteroatoms. The lowest BCUT2D eigenvalue weighted by Crippen LogP contribution is -2.51. The molecule has 3 aromatic rings. The highest BCUT2D eigenvalue weighted by Gasteiger charge is 2.45. The Balaban J connectivity index is 1.57. The third kappa shape index (κ3) is 3.92. The number of nitrogens with zero attached hydrogens (tertiary/aromatic N) is 3. The number of alkyl halides is 4. The van der Waals surface area contributed by atoms with Crippen molar-refractivity contribution in [1.29, 1.82) is 0 Å². The number of benzene rings is 1. The number of carbonyl (C=O) groups is 1. The second kappa shape index (κ2) is 7.09. The van der Waals surface area contributed by atoms with Crippen LogP contribution in [-0.4, -0.2) is 32.6 Å². The first-order valence-corrected chi connectivity index (χ1v) is 8.78. The molecule has 152 valence electrons. The van der Waals surface area contributed by atoms with Crippen LogP contribution in [0.2, 0.25) is 0 Å². The molecule has 0 aliphatic heterocycles. The number of hydrogen-bond acceptors (Lipinski definition) is 3. The van der Waals surface area contributed by atoms with E-state index in [1.54, 1.807) is 6.07 Å². The minimum absolute atomic E-state index is 0.206. The van der Waals surface area contributed by atoms with Crippen molar-refractivity contribution < 1.29 is 26.7 Å². The number of rotatable bonds is 5. The van der Waals surface area contributed by atoms with Crippen LogP contribution >= 0.6 is 0 Å². The molecule has 0 saturated heterocycles. The van der Waals surface area contributed by atoms with Crippen molar-refractivity contribution in [3.63, 3.8) is 0 Å². The summed E-state index contributed by atoms with van der Waals surface area (Å²) in [4.78, 5) is 16.3. The Labute approximate surface area is 161 Å². The number of pyridine rings is 1. The van der Waals surface area contributed by atoms with Crippen LogP contribution in [0.3, 0.4) is 0 Å². The van der Waals surface area contributed by atoms with E-state index >= 15 is 0 Å². The molecule has 4 rings (SSSR count). The van der Waals surface area contributed by atoms with Crippen molar-refractivity contribution in [2.45, 2.75) is 37.8 Å². The minimum Gasteiger partial charge on any atom is -0.351 e. The van der Waals surface area contributed by atoms with E-state index in [4.69, 9.17) is 0 Å². The maximum atomic E-state index is 13.5. The number of halogens is 5. The van der Waals surface area contributed by atoms with Gasteiger partial charge in [0, 0.05) is 30.6 Å². The SMILES string of the molecule is O=C(Cn1ncc2ncc(-c3ccc(F)c(C(F)F)c3)cc21)NC1CC(F)(F)C1. The van der Waals surface area contributed by atoms with Crippen LogP contribution in [0.1, 0.15) is 24.8 Å². The maximum absolute atomic E-state index is 13.5. The van der Waals surface area contributed by atoms with Crippen molar-refractivity contribution in [2.24, 2.45) is 0 Å². The largest absolute Gasteiger partial charge is 0.351 e. The fourth-order valence-electron chi connectivity index (χ4n) is 3.30. The number of aromatic nitrogens is 3. The van der Waals surface area contributed by atoms with E-state index in [1.807, 2.05) is 0 Å². The van der Waals surface area contributed by atoms with E-state index in [-0.39, 0.29) is 19.4 Å². The lowest BCUT2D eigenvalue weighted by atomic mass is 9.88. The number of fused-ring (bicyclic) bond motifs is 1. The van der Waals surface area contributed by atoms with E-state index in [2.05, 4.69) is 15.4 Å². The number of amides is 1. The van der Waals surface area contributed by atoms with Gasteiger partial charge in [0.25, 0.3) is 12.3 Å². The van der Waals surface area contributed by atoms with Gasteiger partial charge >= 0.3 is 0 Å². The van der Waals surface area contributed by atoms with E-state index in [0.717, 1.165) is 12.1 Å². The summed E-state index contributed by atoms with van der Waals surface area (Å²) >= 11 is 0. The Morgan fingerprint density at radius 2 is 1.97 bits per heavy atom. The number of carbonyl (C=O) groups excluding carboxylic acids is 1. The summed E-state index contributed by atoms with van der Waals surface area (Å²) in [5.41, 5.74) is 0.991. The average Bonchev–Trinajstić information content (AvgIpc) is 3.02. The van der Waals surface area contributed by atoms with Crippen LogP contribution in [-0.2, 0) is 11.3 Å². The molecule has 0 atom stereocenters. The topological polar surface area (TPSA) is 59.8 Å². The fourth-order valence-corrected chi connectivity index (χ4v) is 3.30. The Morgan fingerprint density at radius 3 is 2.66 bits per heavy atom. The fraction of sp³-hybridized carbons (Fsp3) is 0.316. The Bertz CT molecular complexity index is 1070. The van der Waals surface area contributed by atoms with Crippen molar-refractivity contribution >= 4 is 16.9 Å². The van der Waals surface area contributed by atoms with E-state index < -0.39 is 35.7 Å². The molecule has 1 aliphatic carbocycles.